The first-order valence-electron chi connectivity index (χ1n) is 10.2. The monoisotopic (exact) mass is 370 g/mol. The first kappa shape index (κ1) is 19.9. The molecule has 0 saturated carbocycles. The SMILES string of the molecule is CCN(CC)c1ccc2[nH]c(C)c(CN(C)C3CCN(C)CC3)c(=O)c2c1. The summed E-state index contributed by atoms with van der Waals surface area (Å²) in [6, 6.07) is 6.76. The summed E-state index contributed by atoms with van der Waals surface area (Å²) in [5.74, 6) is 0. The summed E-state index contributed by atoms with van der Waals surface area (Å²) in [4.78, 5) is 23.8. The number of aromatic nitrogens is 1. The highest BCUT2D eigenvalue weighted by Gasteiger charge is 2.22. The molecule has 27 heavy (non-hydrogen) atoms. The summed E-state index contributed by atoms with van der Waals surface area (Å²) in [6.45, 7) is 11.2. The van der Waals surface area contributed by atoms with Crippen molar-refractivity contribution >= 4 is 16.6 Å². The van der Waals surface area contributed by atoms with Crippen LogP contribution in [0.4, 0.5) is 5.69 Å². The van der Waals surface area contributed by atoms with Crippen LogP contribution in [0, 0.1) is 6.92 Å². The molecule has 1 N–H and O–H groups in total. The third kappa shape index (κ3) is 4.19. The van der Waals surface area contributed by atoms with Gasteiger partial charge in [0.15, 0.2) is 5.43 Å². The van der Waals surface area contributed by atoms with Crippen LogP contribution in [0.15, 0.2) is 23.0 Å². The zero-order chi connectivity index (χ0) is 19.6. The molecule has 1 saturated heterocycles. The van der Waals surface area contributed by atoms with Gasteiger partial charge in [0.1, 0.15) is 0 Å². The van der Waals surface area contributed by atoms with E-state index in [4.69, 9.17) is 0 Å². The molecular weight excluding hydrogens is 336 g/mol. The smallest absolute Gasteiger partial charge is 0.194 e. The van der Waals surface area contributed by atoms with E-state index in [0.717, 1.165) is 54.0 Å². The molecule has 5 nitrogen and oxygen atoms in total. The standard InChI is InChI=1S/C22H34N4O/c1-6-26(7-2)18-8-9-21-19(14-18)22(27)20(16(3)23-21)15-25(5)17-10-12-24(4)13-11-17/h8-9,14,17H,6-7,10-13,15H2,1-5H3,(H,23,27). The minimum absolute atomic E-state index is 0.176. The Kier molecular flexibility index (Phi) is 6.22. The molecule has 1 aromatic carbocycles. The average molecular weight is 371 g/mol. The molecule has 0 radical (unpaired) electrons. The van der Waals surface area contributed by atoms with Crippen molar-refractivity contribution in [2.24, 2.45) is 0 Å². The zero-order valence-corrected chi connectivity index (χ0v) is 17.5. The van der Waals surface area contributed by atoms with E-state index in [0.29, 0.717) is 12.6 Å². The lowest BCUT2D eigenvalue weighted by Crippen LogP contribution is -2.42. The maximum atomic E-state index is 13.3. The van der Waals surface area contributed by atoms with Crippen LogP contribution in [0.3, 0.4) is 0 Å². The van der Waals surface area contributed by atoms with Crippen molar-refractivity contribution in [3.63, 3.8) is 0 Å². The van der Waals surface area contributed by atoms with E-state index in [-0.39, 0.29) is 5.43 Å². The maximum absolute atomic E-state index is 13.3. The van der Waals surface area contributed by atoms with Crippen molar-refractivity contribution in [1.82, 2.24) is 14.8 Å². The fraction of sp³-hybridized carbons (Fsp3) is 0.591. The Morgan fingerprint density at radius 2 is 1.85 bits per heavy atom. The van der Waals surface area contributed by atoms with Crippen LogP contribution < -0.4 is 10.3 Å². The van der Waals surface area contributed by atoms with Gasteiger partial charge in [-0.25, -0.2) is 0 Å². The van der Waals surface area contributed by atoms with Crippen molar-refractivity contribution in [3.05, 3.63) is 39.7 Å². The second-order valence-electron chi connectivity index (χ2n) is 7.91. The summed E-state index contributed by atoms with van der Waals surface area (Å²) in [7, 11) is 4.34. The van der Waals surface area contributed by atoms with Crippen LogP contribution in [0.25, 0.3) is 10.9 Å². The first-order chi connectivity index (χ1) is 12.9. The molecule has 3 rings (SSSR count). The fourth-order valence-corrected chi connectivity index (χ4v) is 4.23. The Hall–Kier alpha value is -1.85. The molecule has 148 valence electrons. The van der Waals surface area contributed by atoms with Crippen LogP contribution in [-0.4, -0.2) is 61.1 Å². The lowest BCUT2D eigenvalue weighted by molar-refractivity contribution is 0.139. The molecule has 0 spiro atoms. The van der Waals surface area contributed by atoms with Gasteiger partial charge < -0.3 is 14.8 Å². The molecule has 1 aromatic heterocycles. The normalized spacial score (nSPS) is 16.4. The van der Waals surface area contributed by atoms with E-state index in [2.05, 4.69) is 59.8 Å². The van der Waals surface area contributed by atoms with Crippen LogP contribution in [0.2, 0.25) is 0 Å². The number of nitrogens with zero attached hydrogens (tertiary/aromatic N) is 3. The minimum atomic E-state index is 0.176. The van der Waals surface area contributed by atoms with E-state index >= 15 is 0 Å². The van der Waals surface area contributed by atoms with E-state index in [1.165, 1.54) is 12.8 Å². The van der Waals surface area contributed by atoms with E-state index in [1.807, 2.05) is 13.0 Å². The zero-order valence-electron chi connectivity index (χ0n) is 17.5. The Morgan fingerprint density at radius 3 is 2.48 bits per heavy atom. The molecule has 0 atom stereocenters. The lowest BCUT2D eigenvalue weighted by Gasteiger charge is -2.35. The number of hydrogen-bond acceptors (Lipinski definition) is 4. The Balaban J connectivity index is 1.91. The molecule has 1 fully saturated rings. The number of nitrogens with one attached hydrogen (secondary N) is 1. The molecule has 0 aliphatic carbocycles. The first-order valence-corrected chi connectivity index (χ1v) is 10.2. The molecule has 0 bridgehead atoms. The molecule has 0 unspecified atom stereocenters. The van der Waals surface area contributed by atoms with Crippen LogP contribution in [0.5, 0.6) is 0 Å². The van der Waals surface area contributed by atoms with Gasteiger partial charge in [-0.05, 0) is 79.0 Å². The topological polar surface area (TPSA) is 42.6 Å². The molecule has 2 heterocycles. The highest BCUT2D eigenvalue weighted by atomic mass is 16.1. The highest BCUT2D eigenvalue weighted by Crippen LogP contribution is 2.22. The number of aromatic amines is 1. The van der Waals surface area contributed by atoms with Crippen LogP contribution >= 0.6 is 0 Å². The van der Waals surface area contributed by atoms with E-state index < -0.39 is 0 Å². The number of benzene rings is 1. The van der Waals surface area contributed by atoms with Crippen molar-refractivity contribution in [1.29, 1.82) is 0 Å². The molecule has 2 aromatic rings. The predicted octanol–water partition coefficient (Wildman–Crippen LogP) is 3.21. The number of fused-ring (bicyclic) bond motifs is 1. The Bertz CT molecular complexity index is 832. The molecular formula is C22H34N4O. The highest BCUT2D eigenvalue weighted by molar-refractivity contribution is 5.83. The van der Waals surface area contributed by atoms with Gasteiger partial charge in [-0.3, -0.25) is 9.69 Å². The van der Waals surface area contributed by atoms with Gasteiger partial charge in [-0.2, -0.15) is 0 Å². The van der Waals surface area contributed by atoms with Gasteiger partial charge in [0.2, 0.25) is 0 Å². The number of anilines is 1. The number of piperidine rings is 1. The number of pyridine rings is 1. The van der Waals surface area contributed by atoms with Gasteiger partial charge in [0.05, 0.1) is 0 Å². The number of rotatable bonds is 6. The van der Waals surface area contributed by atoms with Crippen LogP contribution in [0.1, 0.15) is 37.9 Å². The number of aryl methyl sites for hydroxylation is 1. The summed E-state index contributed by atoms with van der Waals surface area (Å²) >= 11 is 0. The van der Waals surface area contributed by atoms with E-state index in [9.17, 15) is 4.79 Å². The molecule has 1 aliphatic heterocycles. The third-order valence-electron chi connectivity index (χ3n) is 6.14. The number of hydrogen-bond donors (Lipinski definition) is 1. The fourth-order valence-electron chi connectivity index (χ4n) is 4.23. The second kappa shape index (κ2) is 8.44. The van der Waals surface area contributed by atoms with Crippen molar-refractivity contribution in [2.45, 2.75) is 46.2 Å². The quantitative estimate of drug-likeness (QED) is 0.848. The van der Waals surface area contributed by atoms with Gasteiger partial charge in [-0.15, -0.1) is 0 Å². The van der Waals surface area contributed by atoms with E-state index in [1.54, 1.807) is 0 Å². The summed E-state index contributed by atoms with van der Waals surface area (Å²) in [6.07, 6.45) is 2.34. The molecule has 1 aliphatic rings. The Labute approximate surface area is 163 Å². The van der Waals surface area contributed by atoms with Gasteiger partial charge in [0.25, 0.3) is 0 Å². The second-order valence-corrected chi connectivity index (χ2v) is 7.91. The molecule has 5 heteroatoms. The summed E-state index contributed by atoms with van der Waals surface area (Å²) in [5.41, 5.74) is 4.12. The van der Waals surface area contributed by atoms with Gasteiger partial charge >= 0.3 is 0 Å². The van der Waals surface area contributed by atoms with Crippen LogP contribution in [-0.2, 0) is 6.54 Å². The average Bonchev–Trinajstić information content (AvgIpc) is 2.67. The Morgan fingerprint density at radius 1 is 1.19 bits per heavy atom. The van der Waals surface area contributed by atoms with Gasteiger partial charge in [-0.1, -0.05) is 0 Å². The maximum Gasteiger partial charge on any atom is 0.194 e. The summed E-state index contributed by atoms with van der Waals surface area (Å²) in [5, 5.41) is 0.803. The predicted molar refractivity (Wildman–Crippen MR) is 115 cm³/mol. The van der Waals surface area contributed by atoms with Gasteiger partial charge in [0, 0.05) is 53.5 Å². The molecule has 0 amide bonds. The van der Waals surface area contributed by atoms with Crippen molar-refractivity contribution in [3.8, 4) is 0 Å². The van der Waals surface area contributed by atoms with Crippen molar-refractivity contribution in [2.75, 3.05) is 45.2 Å². The summed E-state index contributed by atoms with van der Waals surface area (Å²) < 4.78 is 0. The number of likely N-dealkylation sites (tertiary alicyclic amines) is 1. The largest absolute Gasteiger partial charge is 0.372 e. The number of H-pyrrole nitrogens is 1. The minimum Gasteiger partial charge on any atom is -0.372 e. The third-order valence-corrected chi connectivity index (χ3v) is 6.14. The lowest BCUT2D eigenvalue weighted by atomic mass is 10.0. The van der Waals surface area contributed by atoms with Crippen molar-refractivity contribution < 1.29 is 0 Å².